The molecule has 0 aliphatic carbocycles. The molecular weight excluding hydrogens is 314 g/mol. The summed E-state index contributed by atoms with van der Waals surface area (Å²) in [6.07, 6.45) is 8.01. The maximum Gasteiger partial charge on any atom is 0.225 e. The van der Waals surface area contributed by atoms with Gasteiger partial charge in [-0.3, -0.25) is 9.69 Å². The molecule has 2 aliphatic heterocycles. The van der Waals surface area contributed by atoms with Crippen LogP contribution in [-0.4, -0.2) is 59.5 Å². The number of hydrogen-bond donors (Lipinski definition) is 1. The number of hydrogen-bond acceptors (Lipinski definition) is 5. The zero-order valence-electron chi connectivity index (χ0n) is 15.5. The van der Waals surface area contributed by atoms with Gasteiger partial charge in [0.2, 0.25) is 11.9 Å². The molecule has 6 heteroatoms. The zero-order chi connectivity index (χ0) is 17.6. The van der Waals surface area contributed by atoms with E-state index in [1.165, 1.54) is 12.8 Å². The van der Waals surface area contributed by atoms with Crippen LogP contribution in [0.5, 0.6) is 0 Å². The molecule has 3 rings (SSSR count). The average molecular weight is 345 g/mol. The van der Waals surface area contributed by atoms with Gasteiger partial charge in [-0.2, -0.15) is 0 Å². The Labute approximate surface area is 151 Å². The highest BCUT2D eigenvalue weighted by atomic mass is 16.1. The molecule has 1 amide bonds. The number of rotatable bonds is 5. The van der Waals surface area contributed by atoms with Crippen LogP contribution >= 0.6 is 0 Å². The Morgan fingerprint density at radius 3 is 2.68 bits per heavy atom. The van der Waals surface area contributed by atoms with E-state index in [0.29, 0.717) is 12.6 Å². The van der Waals surface area contributed by atoms with Crippen LogP contribution in [0, 0.1) is 11.8 Å². The fraction of sp³-hybridized carbons (Fsp3) is 0.737. The number of aromatic nitrogens is 2. The molecule has 2 saturated heterocycles. The van der Waals surface area contributed by atoms with Crippen LogP contribution in [0.4, 0.5) is 5.95 Å². The molecule has 2 aliphatic rings. The zero-order valence-corrected chi connectivity index (χ0v) is 15.5. The number of carbonyl (C=O) groups is 1. The largest absolute Gasteiger partial charge is 0.354 e. The van der Waals surface area contributed by atoms with Gasteiger partial charge >= 0.3 is 0 Å². The molecule has 25 heavy (non-hydrogen) atoms. The minimum absolute atomic E-state index is 0.0335. The van der Waals surface area contributed by atoms with Crippen molar-refractivity contribution in [1.29, 1.82) is 0 Å². The Morgan fingerprint density at radius 1 is 1.24 bits per heavy atom. The third kappa shape index (κ3) is 4.91. The van der Waals surface area contributed by atoms with E-state index in [2.05, 4.69) is 38.9 Å². The van der Waals surface area contributed by atoms with Crippen molar-refractivity contribution in [2.24, 2.45) is 11.8 Å². The van der Waals surface area contributed by atoms with Gasteiger partial charge in [0, 0.05) is 38.1 Å². The van der Waals surface area contributed by atoms with E-state index in [9.17, 15) is 4.79 Å². The number of piperidine rings is 2. The van der Waals surface area contributed by atoms with Crippen molar-refractivity contribution in [2.75, 3.05) is 37.6 Å². The Kier molecular flexibility index (Phi) is 6.24. The van der Waals surface area contributed by atoms with Gasteiger partial charge in [0.1, 0.15) is 0 Å². The summed E-state index contributed by atoms with van der Waals surface area (Å²) in [5, 5.41) is 3.18. The molecule has 0 radical (unpaired) electrons. The highest BCUT2D eigenvalue weighted by Gasteiger charge is 2.28. The second-order valence-corrected chi connectivity index (χ2v) is 7.65. The van der Waals surface area contributed by atoms with Gasteiger partial charge in [0.15, 0.2) is 0 Å². The lowest BCUT2D eigenvalue weighted by Crippen LogP contribution is -2.48. The van der Waals surface area contributed by atoms with Crippen LogP contribution in [-0.2, 0) is 4.79 Å². The molecule has 2 atom stereocenters. The number of nitrogens with zero attached hydrogens (tertiary/aromatic N) is 4. The molecule has 0 bridgehead atoms. The van der Waals surface area contributed by atoms with Gasteiger partial charge in [-0.25, -0.2) is 9.97 Å². The molecule has 2 fully saturated rings. The Bertz CT molecular complexity index is 544. The molecule has 1 N–H and O–H groups in total. The summed E-state index contributed by atoms with van der Waals surface area (Å²) in [6, 6.07) is 2.23. The lowest BCUT2D eigenvalue weighted by atomic mass is 9.97. The fourth-order valence-corrected chi connectivity index (χ4v) is 3.82. The number of likely N-dealkylation sites (tertiary alicyclic amines) is 1. The number of anilines is 1. The lowest BCUT2D eigenvalue weighted by Gasteiger charge is -2.36. The molecule has 0 unspecified atom stereocenters. The van der Waals surface area contributed by atoms with E-state index >= 15 is 0 Å². The summed E-state index contributed by atoms with van der Waals surface area (Å²) in [4.78, 5) is 25.9. The first kappa shape index (κ1) is 18.1. The summed E-state index contributed by atoms with van der Waals surface area (Å²) in [6.45, 7) is 9.24. The second kappa shape index (κ2) is 8.61. The molecule has 1 aromatic heterocycles. The highest BCUT2D eigenvalue weighted by Crippen LogP contribution is 2.21. The van der Waals surface area contributed by atoms with E-state index in [4.69, 9.17) is 0 Å². The number of amides is 1. The van der Waals surface area contributed by atoms with Crippen molar-refractivity contribution in [3.05, 3.63) is 18.5 Å². The van der Waals surface area contributed by atoms with E-state index in [1.54, 1.807) is 12.4 Å². The normalized spacial score (nSPS) is 24.1. The standard InChI is InChI=1S/C19H31N5O/c1-15-6-11-23(12-7-15)16(2)13-22-18(25)17-5-3-10-24(14-17)19-20-8-4-9-21-19/h4,8-9,15-17H,3,5-7,10-14H2,1-2H3,(H,22,25)/t16-,17-/m1/s1. The van der Waals surface area contributed by atoms with E-state index in [1.807, 2.05) is 6.07 Å². The van der Waals surface area contributed by atoms with Gasteiger partial charge in [0.25, 0.3) is 0 Å². The summed E-state index contributed by atoms with van der Waals surface area (Å²) < 4.78 is 0. The van der Waals surface area contributed by atoms with Crippen LogP contribution in [0.1, 0.15) is 39.5 Å². The van der Waals surface area contributed by atoms with Crippen molar-refractivity contribution in [2.45, 2.75) is 45.6 Å². The van der Waals surface area contributed by atoms with Crippen molar-refractivity contribution in [3.63, 3.8) is 0 Å². The summed E-state index contributed by atoms with van der Waals surface area (Å²) in [5.41, 5.74) is 0. The Balaban J connectivity index is 1.46. The quantitative estimate of drug-likeness (QED) is 0.883. The molecular formula is C19H31N5O. The minimum atomic E-state index is 0.0335. The van der Waals surface area contributed by atoms with Gasteiger partial charge in [-0.05, 0) is 57.7 Å². The van der Waals surface area contributed by atoms with Crippen molar-refractivity contribution < 1.29 is 4.79 Å². The van der Waals surface area contributed by atoms with Gasteiger partial charge < -0.3 is 10.2 Å². The highest BCUT2D eigenvalue weighted by molar-refractivity contribution is 5.79. The third-order valence-electron chi connectivity index (χ3n) is 5.64. The van der Waals surface area contributed by atoms with Crippen molar-refractivity contribution >= 4 is 11.9 Å². The van der Waals surface area contributed by atoms with Crippen molar-refractivity contribution in [1.82, 2.24) is 20.2 Å². The minimum Gasteiger partial charge on any atom is -0.354 e. The number of carbonyl (C=O) groups excluding carboxylic acids is 1. The smallest absolute Gasteiger partial charge is 0.225 e. The Morgan fingerprint density at radius 2 is 1.96 bits per heavy atom. The molecule has 0 saturated carbocycles. The first-order chi connectivity index (χ1) is 12.1. The van der Waals surface area contributed by atoms with Gasteiger partial charge in [-0.1, -0.05) is 6.92 Å². The lowest BCUT2D eigenvalue weighted by molar-refractivity contribution is -0.125. The predicted octanol–water partition coefficient (Wildman–Crippen LogP) is 1.93. The molecule has 3 heterocycles. The first-order valence-electron chi connectivity index (χ1n) is 9.67. The SMILES string of the molecule is CC1CCN([C@H](C)CNC(=O)[C@@H]2CCCN(c3ncccn3)C2)CC1. The molecule has 6 nitrogen and oxygen atoms in total. The van der Waals surface area contributed by atoms with Crippen LogP contribution in [0.2, 0.25) is 0 Å². The van der Waals surface area contributed by atoms with Gasteiger partial charge in [0.05, 0.1) is 5.92 Å². The molecule has 1 aromatic rings. The maximum absolute atomic E-state index is 12.6. The molecule has 138 valence electrons. The molecule has 0 aromatic carbocycles. The van der Waals surface area contributed by atoms with Crippen molar-refractivity contribution in [3.8, 4) is 0 Å². The topological polar surface area (TPSA) is 61.4 Å². The van der Waals surface area contributed by atoms with Crippen LogP contribution in [0.3, 0.4) is 0 Å². The van der Waals surface area contributed by atoms with Crippen LogP contribution in [0.25, 0.3) is 0 Å². The predicted molar refractivity (Wildman–Crippen MR) is 99.4 cm³/mol. The van der Waals surface area contributed by atoms with Crippen LogP contribution in [0.15, 0.2) is 18.5 Å². The third-order valence-corrected chi connectivity index (χ3v) is 5.64. The second-order valence-electron chi connectivity index (χ2n) is 7.65. The van der Waals surface area contributed by atoms with E-state index in [-0.39, 0.29) is 11.8 Å². The monoisotopic (exact) mass is 345 g/mol. The Hall–Kier alpha value is -1.69. The first-order valence-corrected chi connectivity index (χ1v) is 9.67. The summed E-state index contributed by atoms with van der Waals surface area (Å²) >= 11 is 0. The summed E-state index contributed by atoms with van der Waals surface area (Å²) in [7, 11) is 0. The maximum atomic E-state index is 12.6. The van der Waals surface area contributed by atoms with Crippen LogP contribution < -0.4 is 10.2 Å². The average Bonchev–Trinajstić information content (AvgIpc) is 2.67. The number of nitrogens with one attached hydrogen (secondary N) is 1. The van der Waals surface area contributed by atoms with Gasteiger partial charge in [-0.15, -0.1) is 0 Å². The van der Waals surface area contributed by atoms with E-state index < -0.39 is 0 Å². The van der Waals surface area contributed by atoms with E-state index in [0.717, 1.165) is 50.9 Å². The fourth-order valence-electron chi connectivity index (χ4n) is 3.82. The summed E-state index contributed by atoms with van der Waals surface area (Å²) in [5.74, 6) is 1.78. The molecule has 0 spiro atoms.